The summed E-state index contributed by atoms with van der Waals surface area (Å²) in [4.78, 5) is 13.7. The molecule has 0 aliphatic heterocycles. The third-order valence-electron chi connectivity index (χ3n) is 4.41. The molecule has 0 radical (unpaired) electrons. The number of hydrogen-bond donors (Lipinski definition) is 2. The molecule has 0 spiro atoms. The van der Waals surface area contributed by atoms with Gasteiger partial charge in [-0.3, -0.25) is 9.52 Å². The van der Waals surface area contributed by atoms with Gasteiger partial charge in [0.05, 0.1) is 4.90 Å². The standard InChI is InChI=1S/C22H22N2O3S2/c1-15-4-5-16(2)21(14-15)23-22(25)17-6-8-18(9-7-17)24-29(26,27)20-12-10-19(28-3)11-13-20/h4-14,24H,1-3H3,(H,23,25). The maximum Gasteiger partial charge on any atom is 0.261 e. The summed E-state index contributed by atoms with van der Waals surface area (Å²) < 4.78 is 27.6. The van der Waals surface area contributed by atoms with Gasteiger partial charge in [-0.25, -0.2) is 8.42 Å². The Morgan fingerprint density at radius 3 is 2.17 bits per heavy atom. The number of aryl methyl sites for hydroxylation is 2. The first kappa shape index (κ1) is 21.0. The number of thioether (sulfide) groups is 1. The van der Waals surface area contributed by atoms with Crippen LogP contribution >= 0.6 is 11.8 Å². The molecule has 7 heteroatoms. The van der Waals surface area contributed by atoms with Crippen molar-refractivity contribution in [2.24, 2.45) is 0 Å². The van der Waals surface area contributed by atoms with Gasteiger partial charge in [0.15, 0.2) is 0 Å². The molecule has 0 bridgehead atoms. The fourth-order valence-corrected chi connectivity index (χ4v) is 4.19. The molecule has 5 nitrogen and oxygen atoms in total. The highest BCUT2D eigenvalue weighted by atomic mass is 32.2. The number of rotatable bonds is 6. The van der Waals surface area contributed by atoms with Gasteiger partial charge in [0.25, 0.3) is 15.9 Å². The van der Waals surface area contributed by atoms with Crippen molar-refractivity contribution in [2.45, 2.75) is 23.6 Å². The van der Waals surface area contributed by atoms with Gasteiger partial charge >= 0.3 is 0 Å². The Bertz CT molecular complexity index is 1120. The lowest BCUT2D eigenvalue weighted by Gasteiger charge is -2.11. The highest BCUT2D eigenvalue weighted by molar-refractivity contribution is 7.98. The Balaban J connectivity index is 1.72. The molecule has 0 unspecified atom stereocenters. The van der Waals surface area contributed by atoms with Crippen molar-refractivity contribution in [3.63, 3.8) is 0 Å². The van der Waals surface area contributed by atoms with Crippen LogP contribution < -0.4 is 10.0 Å². The predicted molar refractivity (Wildman–Crippen MR) is 119 cm³/mol. The van der Waals surface area contributed by atoms with E-state index < -0.39 is 10.0 Å². The number of hydrogen-bond acceptors (Lipinski definition) is 4. The number of amides is 1. The van der Waals surface area contributed by atoms with Crippen LogP contribution in [0.1, 0.15) is 21.5 Å². The Hall–Kier alpha value is -2.77. The quantitative estimate of drug-likeness (QED) is 0.539. The summed E-state index contributed by atoms with van der Waals surface area (Å²) in [6.45, 7) is 3.89. The van der Waals surface area contributed by atoms with Crippen LogP contribution in [0, 0.1) is 13.8 Å². The summed E-state index contributed by atoms with van der Waals surface area (Å²) in [6, 6.07) is 18.9. The molecule has 0 atom stereocenters. The molecule has 0 saturated carbocycles. The molecule has 3 aromatic carbocycles. The maximum atomic E-state index is 12.5. The van der Waals surface area contributed by atoms with Crippen LogP contribution in [0.2, 0.25) is 0 Å². The highest BCUT2D eigenvalue weighted by Crippen LogP contribution is 2.21. The van der Waals surface area contributed by atoms with E-state index >= 15 is 0 Å². The van der Waals surface area contributed by atoms with Crippen LogP contribution in [0.25, 0.3) is 0 Å². The van der Waals surface area contributed by atoms with Crippen molar-refractivity contribution >= 4 is 39.1 Å². The molecule has 3 rings (SSSR count). The highest BCUT2D eigenvalue weighted by Gasteiger charge is 2.15. The van der Waals surface area contributed by atoms with Crippen molar-refractivity contribution in [3.8, 4) is 0 Å². The van der Waals surface area contributed by atoms with Crippen molar-refractivity contribution in [2.75, 3.05) is 16.3 Å². The molecule has 0 aliphatic rings. The van der Waals surface area contributed by atoms with E-state index in [9.17, 15) is 13.2 Å². The lowest BCUT2D eigenvalue weighted by Crippen LogP contribution is -2.14. The smallest absolute Gasteiger partial charge is 0.261 e. The van der Waals surface area contributed by atoms with Crippen LogP contribution in [0.4, 0.5) is 11.4 Å². The van der Waals surface area contributed by atoms with E-state index in [0.29, 0.717) is 11.3 Å². The minimum atomic E-state index is -3.69. The first-order chi connectivity index (χ1) is 13.8. The normalized spacial score (nSPS) is 11.1. The zero-order chi connectivity index (χ0) is 21.0. The predicted octanol–water partition coefficient (Wildman–Crippen LogP) is 5.08. The third kappa shape index (κ3) is 5.19. The van der Waals surface area contributed by atoms with Crippen LogP contribution in [0.15, 0.2) is 76.5 Å². The number of nitrogens with one attached hydrogen (secondary N) is 2. The molecule has 3 aromatic rings. The number of benzene rings is 3. The third-order valence-corrected chi connectivity index (χ3v) is 6.55. The van der Waals surface area contributed by atoms with Crippen molar-refractivity contribution < 1.29 is 13.2 Å². The second-order valence-corrected chi connectivity index (χ2v) is 9.19. The van der Waals surface area contributed by atoms with Gasteiger partial charge in [-0.2, -0.15) is 0 Å². The monoisotopic (exact) mass is 426 g/mol. The van der Waals surface area contributed by atoms with E-state index in [2.05, 4.69) is 10.0 Å². The molecular weight excluding hydrogens is 404 g/mol. The van der Waals surface area contributed by atoms with Gasteiger partial charge < -0.3 is 5.32 Å². The fraction of sp³-hybridized carbons (Fsp3) is 0.136. The summed E-state index contributed by atoms with van der Waals surface area (Å²) in [5.41, 5.74) is 3.62. The van der Waals surface area contributed by atoms with Gasteiger partial charge in [-0.15, -0.1) is 11.8 Å². The van der Waals surface area contributed by atoms with Crippen molar-refractivity contribution in [1.82, 2.24) is 0 Å². The first-order valence-electron chi connectivity index (χ1n) is 8.94. The van der Waals surface area contributed by atoms with E-state index in [4.69, 9.17) is 0 Å². The minimum absolute atomic E-state index is 0.187. The Kier molecular flexibility index (Phi) is 6.30. The lowest BCUT2D eigenvalue weighted by atomic mass is 10.1. The average molecular weight is 427 g/mol. The van der Waals surface area contributed by atoms with Gasteiger partial charge in [0.2, 0.25) is 0 Å². The Morgan fingerprint density at radius 1 is 0.897 bits per heavy atom. The molecule has 29 heavy (non-hydrogen) atoms. The summed E-state index contributed by atoms with van der Waals surface area (Å²) >= 11 is 1.55. The van der Waals surface area contributed by atoms with Crippen LogP contribution in [0.3, 0.4) is 0 Å². The average Bonchev–Trinajstić information content (AvgIpc) is 2.71. The fourth-order valence-electron chi connectivity index (χ4n) is 2.72. The molecule has 0 fully saturated rings. The van der Waals surface area contributed by atoms with Gasteiger partial charge in [0.1, 0.15) is 0 Å². The van der Waals surface area contributed by atoms with Gasteiger partial charge in [-0.1, -0.05) is 12.1 Å². The number of carbonyl (C=O) groups excluding carboxylic acids is 1. The molecule has 150 valence electrons. The number of carbonyl (C=O) groups is 1. The maximum absolute atomic E-state index is 12.5. The molecule has 0 heterocycles. The van der Waals surface area contributed by atoms with E-state index in [-0.39, 0.29) is 10.8 Å². The Labute approximate surface area is 175 Å². The van der Waals surface area contributed by atoms with Crippen LogP contribution in [-0.2, 0) is 10.0 Å². The van der Waals surface area contributed by atoms with Gasteiger partial charge in [0, 0.05) is 21.8 Å². The lowest BCUT2D eigenvalue weighted by molar-refractivity contribution is 0.102. The topological polar surface area (TPSA) is 75.3 Å². The summed E-state index contributed by atoms with van der Waals surface area (Å²) in [5, 5.41) is 2.89. The molecule has 0 saturated heterocycles. The van der Waals surface area contributed by atoms with Crippen LogP contribution in [0.5, 0.6) is 0 Å². The van der Waals surface area contributed by atoms with E-state index in [1.807, 2.05) is 38.3 Å². The number of sulfonamides is 1. The summed E-state index contributed by atoms with van der Waals surface area (Å²) in [6.07, 6.45) is 1.93. The van der Waals surface area contributed by atoms with E-state index in [0.717, 1.165) is 21.7 Å². The zero-order valence-corrected chi connectivity index (χ0v) is 18.0. The van der Waals surface area contributed by atoms with Crippen molar-refractivity contribution in [1.29, 1.82) is 0 Å². The number of anilines is 2. The molecule has 0 aliphatic carbocycles. The largest absolute Gasteiger partial charge is 0.322 e. The molecule has 2 N–H and O–H groups in total. The molecule has 1 amide bonds. The Morgan fingerprint density at radius 2 is 1.55 bits per heavy atom. The molecule has 0 aromatic heterocycles. The minimum Gasteiger partial charge on any atom is -0.322 e. The van der Waals surface area contributed by atoms with E-state index in [1.165, 1.54) is 0 Å². The second-order valence-electron chi connectivity index (χ2n) is 6.63. The van der Waals surface area contributed by atoms with Crippen molar-refractivity contribution in [3.05, 3.63) is 83.4 Å². The summed E-state index contributed by atoms with van der Waals surface area (Å²) in [5.74, 6) is -0.249. The van der Waals surface area contributed by atoms with Crippen LogP contribution in [-0.4, -0.2) is 20.6 Å². The molecular formula is C22H22N2O3S2. The SMILES string of the molecule is CSc1ccc(S(=O)(=O)Nc2ccc(C(=O)Nc3cc(C)ccc3C)cc2)cc1. The van der Waals surface area contributed by atoms with E-state index in [1.54, 1.807) is 60.3 Å². The first-order valence-corrected chi connectivity index (χ1v) is 11.6. The zero-order valence-electron chi connectivity index (χ0n) is 16.4. The van der Waals surface area contributed by atoms with Gasteiger partial charge in [-0.05, 0) is 85.8 Å². The summed E-state index contributed by atoms with van der Waals surface area (Å²) in [7, 11) is -3.69. The second kappa shape index (κ2) is 8.71.